The summed E-state index contributed by atoms with van der Waals surface area (Å²) in [5, 5.41) is 17.0. The molecule has 0 aliphatic heterocycles. The third kappa shape index (κ3) is 5.18. The van der Waals surface area contributed by atoms with E-state index in [1.807, 2.05) is 32.0 Å². The van der Waals surface area contributed by atoms with Crippen LogP contribution in [0.5, 0.6) is 5.75 Å². The number of para-hydroxylation sites is 1. The highest BCUT2D eigenvalue weighted by Gasteiger charge is 2.25. The van der Waals surface area contributed by atoms with E-state index in [-0.39, 0.29) is 39.4 Å². The summed E-state index contributed by atoms with van der Waals surface area (Å²) in [6, 6.07) is 13.7. The molecule has 0 saturated carbocycles. The summed E-state index contributed by atoms with van der Waals surface area (Å²) in [7, 11) is -2.78. The Balaban J connectivity index is 1.93. The van der Waals surface area contributed by atoms with Crippen molar-refractivity contribution in [2.45, 2.75) is 30.6 Å². The van der Waals surface area contributed by atoms with Crippen LogP contribution in [0.25, 0.3) is 0 Å². The Kier molecular flexibility index (Phi) is 7.21. The normalized spacial score (nSPS) is 11.1. The number of carbonyl (C=O) groups is 1. The Morgan fingerprint density at radius 2 is 1.68 bits per heavy atom. The Bertz CT molecular complexity index is 1350. The first kappa shape index (κ1) is 24.7. The highest BCUT2D eigenvalue weighted by atomic mass is 32.2. The number of carbonyl (C=O) groups excluding carboxylic acids is 1. The van der Waals surface area contributed by atoms with E-state index in [0.717, 1.165) is 17.2 Å². The summed E-state index contributed by atoms with van der Waals surface area (Å²) in [5.41, 5.74) is 2.72. The number of benzene rings is 3. The summed E-state index contributed by atoms with van der Waals surface area (Å²) < 4.78 is 32.0. The Morgan fingerprint density at radius 1 is 1.00 bits per heavy atom. The Hall–Kier alpha value is -3.92. The maximum atomic E-state index is 13.4. The largest absolute Gasteiger partial charge is 0.497 e. The van der Waals surface area contributed by atoms with Crippen molar-refractivity contribution in [3.63, 3.8) is 0 Å². The van der Waals surface area contributed by atoms with E-state index in [4.69, 9.17) is 4.74 Å². The van der Waals surface area contributed by atoms with E-state index in [1.54, 1.807) is 6.07 Å². The van der Waals surface area contributed by atoms with Gasteiger partial charge in [-0.1, -0.05) is 24.3 Å². The SMILES string of the molecule is COc1ccc(NCC(=O)Nc2c(C)cccc2C)c(S(=O)(=O)c2ccc(C)c([N+](=O)[O-])c2)c1. The van der Waals surface area contributed by atoms with Crippen LogP contribution in [0.15, 0.2) is 64.4 Å². The Labute approximate surface area is 197 Å². The van der Waals surface area contributed by atoms with Crippen molar-refractivity contribution in [1.82, 2.24) is 0 Å². The number of amides is 1. The molecule has 0 heterocycles. The lowest BCUT2D eigenvalue weighted by atomic mass is 10.1. The van der Waals surface area contributed by atoms with Crippen LogP contribution in [0.4, 0.5) is 17.1 Å². The van der Waals surface area contributed by atoms with E-state index in [9.17, 15) is 23.3 Å². The topological polar surface area (TPSA) is 128 Å². The standard InChI is InChI=1S/C24H25N3O6S/c1-15-8-10-19(13-21(15)27(29)30)34(31,32)22-12-18(33-4)9-11-20(22)25-14-23(28)26-24-16(2)6-5-7-17(24)3/h5-13,25H,14H2,1-4H3,(H,26,28). The van der Waals surface area contributed by atoms with E-state index < -0.39 is 14.8 Å². The molecule has 0 spiro atoms. The predicted molar refractivity (Wildman–Crippen MR) is 129 cm³/mol. The number of rotatable bonds is 8. The molecule has 0 saturated heterocycles. The van der Waals surface area contributed by atoms with Gasteiger partial charge in [-0.15, -0.1) is 0 Å². The number of sulfone groups is 1. The molecule has 2 N–H and O–H groups in total. The molecular weight excluding hydrogens is 458 g/mol. The van der Waals surface area contributed by atoms with Crippen molar-refractivity contribution in [2.75, 3.05) is 24.3 Å². The molecule has 0 radical (unpaired) electrons. The van der Waals surface area contributed by atoms with Crippen molar-refractivity contribution in [3.05, 3.63) is 81.4 Å². The summed E-state index contributed by atoms with van der Waals surface area (Å²) in [6.07, 6.45) is 0. The molecule has 34 heavy (non-hydrogen) atoms. The first-order chi connectivity index (χ1) is 16.0. The lowest BCUT2D eigenvalue weighted by Crippen LogP contribution is -2.23. The fourth-order valence-corrected chi connectivity index (χ4v) is 4.92. The van der Waals surface area contributed by atoms with Crippen LogP contribution in [0.2, 0.25) is 0 Å². The van der Waals surface area contributed by atoms with Gasteiger partial charge in [0.25, 0.3) is 5.69 Å². The molecule has 0 atom stereocenters. The third-order valence-corrected chi connectivity index (χ3v) is 7.14. The van der Waals surface area contributed by atoms with Crippen LogP contribution >= 0.6 is 0 Å². The number of nitrogens with one attached hydrogen (secondary N) is 2. The van der Waals surface area contributed by atoms with Crippen molar-refractivity contribution < 1.29 is 22.9 Å². The molecule has 3 aromatic rings. The zero-order chi connectivity index (χ0) is 25.0. The molecule has 0 aliphatic carbocycles. The summed E-state index contributed by atoms with van der Waals surface area (Å²) >= 11 is 0. The van der Waals surface area contributed by atoms with Crippen LogP contribution in [0.3, 0.4) is 0 Å². The van der Waals surface area contributed by atoms with Gasteiger partial charge in [-0.25, -0.2) is 8.42 Å². The number of methoxy groups -OCH3 is 1. The van der Waals surface area contributed by atoms with Gasteiger partial charge in [-0.05, 0) is 50.1 Å². The molecule has 0 aromatic heterocycles. The summed E-state index contributed by atoms with van der Waals surface area (Å²) in [6.45, 7) is 5.09. The number of nitro groups is 1. The van der Waals surface area contributed by atoms with Gasteiger partial charge in [0.15, 0.2) is 0 Å². The minimum absolute atomic E-state index is 0.162. The highest BCUT2D eigenvalue weighted by Crippen LogP contribution is 2.33. The second kappa shape index (κ2) is 9.92. The lowest BCUT2D eigenvalue weighted by Gasteiger charge is -2.15. The number of hydrogen-bond acceptors (Lipinski definition) is 7. The number of ether oxygens (including phenoxy) is 1. The number of hydrogen-bond donors (Lipinski definition) is 2. The van der Waals surface area contributed by atoms with Gasteiger partial charge in [0.1, 0.15) is 5.75 Å². The molecular formula is C24H25N3O6S. The second-order valence-corrected chi connectivity index (χ2v) is 9.66. The van der Waals surface area contributed by atoms with Gasteiger partial charge in [-0.3, -0.25) is 14.9 Å². The lowest BCUT2D eigenvalue weighted by molar-refractivity contribution is -0.385. The minimum Gasteiger partial charge on any atom is -0.497 e. The first-order valence-electron chi connectivity index (χ1n) is 10.3. The van der Waals surface area contributed by atoms with Gasteiger partial charge in [-0.2, -0.15) is 0 Å². The van der Waals surface area contributed by atoms with Crippen LogP contribution in [0.1, 0.15) is 16.7 Å². The monoisotopic (exact) mass is 483 g/mol. The number of aryl methyl sites for hydroxylation is 3. The van der Waals surface area contributed by atoms with Gasteiger partial charge in [0, 0.05) is 23.4 Å². The smallest absolute Gasteiger partial charge is 0.273 e. The maximum absolute atomic E-state index is 13.4. The number of nitrogens with zero attached hydrogens (tertiary/aromatic N) is 1. The molecule has 178 valence electrons. The van der Waals surface area contributed by atoms with Crippen molar-refractivity contribution >= 4 is 32.8 Å². The van der Waals surface area contributed by atoms with Gasteiger partial charge < -0.3 is 15.4 Å². The Morgan fingerprint density at radius 3 is 2.29 bits per heavy atom. The average molecular weight is 484 g/mol. The molecule has 0 bridgehead atoms. The molecule has 10 heteroatoms. The van der Waals surface area contributed by atoms with E-state index >= 15 is 0 Å². The molecule has 9 nitrogen and oxygen atoms in total. The van der Waals surface area contributed by atoms with E-state index in [2.05, 4.69) is 10.6 Å². The van der Waals surface area contributed by atoms with Crippen molar-refractivity contribution in [2.24, 2.45) is 0 Å². The zero-order valence-corrected chi connectivity index (χ0v) is 20.0. The van der Waals surface area contributed by atoms with E-state index in [0.29, 0.717) is 11.3 Å². The van der Waals surface area contributed by atoms with Crippen LogP contribution < -0.4 is 15.4 Å². The molecule has 3 aromatic carbocycles. The second-order valence-electron chi connectivity index (χ2n) is 7.74. The molecule has 3 rings (SSSR count). The van der Waals surface area contributed by atoms with Crippen LogP contribution in [-0.4, -0.2) is 32.9 Å². The average Bonchev–Trinajstić information content (AvgIpc) is 2.80. The summed E-state index contributed by atoms with van der Waals surface area (Å²) in [5.74, 6) is -0.0757. The van der Waals surface area contributed by atoms with Gasteiger partial charge in [0.05, 0.1) is 34.1 Å². The fourth-order valence-electron chi connectivity index (χ4n) is 3.45. The van der Waals surface area contributed by atoms with E-state index in [1.165, 1.54) is 38.3 Å². The predicted octanol–water partition coefficient (Wildman–Crippen LogP) is 4.41. The fraction of sp³-hybridized carbons (Fsp3) is 0.208. The third-order valence-electron chi connectivity index (χ3n) is 5.35. The van der Waals surface area contributed by atoms with Crippen LogP contribution in [-0.2, 0) is 14.6 Å². The van der Waals surface area contributed by atoms with Gasteiger partial charge >= 0.3 is 0 Å². The molecule has 0 fully saturated rings. The molecule has 0 aliphatic rings. The van der Waals surface area contributed by atoms with Gasteiger partial charge in [0.2, 0.25) is 15.7 Å². The molecule has 0 unspecified atom stereocenters. The quantitative estimate of drug-likeness (QED) is 0.359. The van der Waals surface area contributed by atoms with Crippen LogP contribution in [0, 0.1) is 30.9 Å². The minimum atomic E-state index is -4.17. The zero-order valence-electron chi connectivity index (χ0n) is 19.2. The number of nitro benzene ring substituents is 1. The van der Waals surface area contributed by atoms with Crippen molar-refractivity contribution in [3.8, 4) is 5.75 Å². The summed E-state index contributed by atoms with van der Waals surface area (Å²) in [4.78, 5) is 22.9. The van der Waals surface area contributed by atoms with Crippen molar-refractivity contribution in [1.29, 1.82) is 0 Å². The maximum Gasteiger partial charge on any atom is 0.273 e. The first-order valence-corrected chi connectivity index (χ1v) is 11.8. The highest BCUT2D eigenvalue weighted by molar-refractivity contribution is 7.91. The molecule has 1 amide bonds. The number of anilines is 2.